The molecule has 0 saturated carbocycles. The second-order valence-corrected chi connectivity index (χ2v) is 4.87. The molecule has 0 amide bonds. The van der Waals surface area contributed by atoms with Gasteiger partial charge >= 0.3 is 0 Å². The van der Waals surface area contributed by atoms with Crippen molar-refractivity contribution in [3.05, 3.63) is 65.3 Å². The van der Waals surface area contributed by atoms with Crippen LogP contribution >= 0.6 is 11.6 Å². The van der Waals surface area contributed by atoms with Crippen LogP contribution in [0.25, 0.3) is 16.9 Å². The number of hydrogen-bond donors (Lipinski definition) is 1. The van der Waals surface area contributed by atoms with Crippen molar-refractivity contribution in [3.8, 4) is 16.9 Å². The summed E-state index contributed by atoms with van der Waals surface area (Å²) < 4.78 is 27.8. The smallest absolute Gasteiger partial charge is 0.159 e. The Morgan fingerprint density at radius 1 is 1.05 bits per heavy atom. The van der Waals surface area contributed by atoms with E-state index in [2.05, 4.69) is 5.10 Å². The molecule has 0 aliphatic rings. The highest BCUT2D eigenvalue weighted by Crippen LogP contribution is 2.28. The van der Waals surface area contributed by atoms with Gasteiger partial charge in [-0.05, 0) is 30.3 Å². The predicted molar refractivity (Wildman–Crippen MR) is 78.3 cm³/mol. The summed E-state index contributed by atoms with van der Waals surface area (Å²) in [6, 6.07) is 10.7. The lowest BCUT2D eigenvalue weighted by Crippen LogP contribution is -1.95. The molecule has 3 rings (SSSR count). The van der Waals surface area contributed by atoms with E-state index in [4.69, 9.17) is 17.3 Å². The Hall–Kier alpha value is -2.40. The van der Waals surface area contributed by atoms with E-state index in [-0.39, 0.29) is 0 Å². The maximum atomic E-state index is 13.3. The molecule has 6 heteroatoms. The molecule has 106 valence electrons. The van der Waals surface area contributed by atoms with Gasteiger partial charge in [0.15, 0.2) is 11.6 Å². The van der Waals surface area contributed by atoms with Crippen molar-refractivity contribution < 1.29 is 8.78 Å². The molecule has 3 aromatic rings. The van der Waals surface area contributed by atoms with E-state index in [9.17, 15) is 8.78 Å². The van der Waals surface area contributed by atoms with E-state index in [1.165, 1.54) is 10.7 Å². The lowest BCUT2D eigenvalue weighted by molar-refractivity contribution is 0.509. The van der Waals surface area contributed by atoms with Crippen molar-refractivity contribution in [2.45, 2.75) is 0 Å². The minimum atomic E-state index is -0.945. The van der Waals surface area contributed by atoms with Gasteiger partial charge in [0.05, 0.1) is 22.6 Å². The summed E-state index contributed by atoms with van der Waals surface area (Å²) in [6.45, 7) is 0. The van der Waals surface area contributed by atoms with Gasteiger partial charge in [-0.25, -0.2) is 13.5 Å². The van der Waals surface area contributed by atoms with Crippen molar-refractivity contribution in [2.24, 2.45) is 0 Å². The maximum absolute atomic E-state index is 13.3. The second kappa shape index (κ2) is 5.18. The average Bonchev–Trinajstić information content (AvgIpc) is 2.84. The first kappa shape index (κ1) is 13.6. The number of nitrogens with two attached hydrogens (primary N) is 1. The summed E-state index contributed by atoms with van der Waals surface area (Å²) in [5, 5.41) is 4.81. The van der Waals surface area contributed by atoms with E-state index in [1.807, 2.05) is 6.07 Å². The molecule has 0 aliphatic carbocycles. The molecule has 0 bridgehead atoms. The van der Waals surface area contributed by atoms with Gasteiger partial charge in [-0.3, -0.25) is 0 Å². The van der Waals surface area contributed by atoms with Gasteiger partial charge in [-0.15, -0.1) is 0 Å². The Balaban J connectivity index is 2.10. The van der Waals surface area contributed by atoms with Crippen LogP contribution in [0.15, 0.2) is 48.7 Å². The summed E-state index contributed by atoms with van der Waals surface area (Å²) in [5.41, 5.74) is 7.68. The third kappa shape index (κ3) is 2.48. The van der Waals surface area contributed by atoms with Crippen LogP contribution in [-0.4, -0.2) is 9.78 Å². The maximum Gasteiger partial charge on any atom is 0.159 e. The minimum absolute atomic E-state index is 0.348. The van der Waals surface area contributed by atoms with Gasteiger partial charge in [0, 0.05) is 5.56 Å². The molecule has 2 aromatic carbocycles. The molecule has 0 atom stereocenters. The van der Waals surface area contributed by atoms with E-state index >= 15 is 0 Å². The highest BCUT2D eigenvalue weighted by molar-refractivity contribution is 6.32. The first-order valence-electron chi connectivity index (χ1n) is 6.12. The largest absolute Gasteiger partial charge is 0.396 e. The Morgan fingerprint density at radius 3 is 2.52 bits per heavy atom. The lowest BCUT2D eigenvalue weighted by atomic mass is 10.1. The van der Waals surface area contributed by atoms with Crippen LogP contribution in [0.3, 0.4) is 0 Å². The van der Waals surface area contributed by atoms with Crippen LogP contribution in [0.1, 0.15) is 0 Å². The van der Waals surface area contributed by atoms with Crippen LogP contribution in [0.5, 0.6) is 0 Å². The van der Waals surface area contributed by atoms with E-state index < -0.39 is 11.6 Å². The van der Waals surface area contributed by atoms with E-state index in [0.717, 1.165) is 12.1 Å². The van der Waals surface area contributed by atoms with E-state index in [1.54, 1.807) is 24.4 Å². The lowest BCUT2D eigenvalue weighted by Gasteiger charge is -2.03. The van der Waals surface area contributed by atoms with Crippen LogP contribution in [0.2, 0.25) is 5.02 Å². The van der Waals surface area contributed by atoms with Crippen LogP contribution < -0.4 is 5.73 Å². The Morgan fingerprint density at radius 2 is 1.81 bits per heavy atom. The second-order valence-electron chi connectivity index (χ2n) is 4.46. The molecule has 0 spiro atoms. The molecule has 0 aliphatic heterocycles. The third-order valence-electron chi connectivity index (χ3n) is 3.03. The Bertz CT molecular complexity index is 814. The topological polar surface area (TPSA) is 43.8 Å². The Labute approximate surface area is 124 Å². The number of rotatable bonds is 2. The van der Waals surface area contributed by atoms with Crippen molar-refractivity contribution in [1.29, 1.82) is 0 Å². The fraction of sp³-hybridized carbons (Fsp3) is 0. The number of nitrogens with zero attached hydrogens (tertiary/aromatic N) is 2. The molecule has 0 fully saturated rings. The fourth-order valence-corrected chi connectivity index (χ4v) is 2.24. The Kier molecular flexibility index (Phi) is 3.35. The number of hydrogen-bond acceptors (Lipinski definition) is 2. The number of aromatic nitrogens is 2. The number of anilines is 1. The molecule has 3 nitrogen and oxygen atoms in total. The number of benzene rings is 2. The monoisotopic (exact) mass is 305 g/mol. The zero-order valence-corrected chi connectivity index (χ0v) is 11.5. The molecule has 21 heavy (non-hydrogen) atoms. The van der Waals surface area contributed by atoms with E-state index in [0.29, 0.717) is 27.7 Å². The quantitative estimate of drug-likeness (QED) is 0.776. The summed E-state index contributed by atoms with van der Waals surface area (Å²) in [4.78, 5) is 0. The van der Waals surface area contributed by atoms with Crippen LogP contribution in [-0.2, 0) is 0 Å². The molecule has 1 heterocycles. The summed E-state index contributed by atoms with van der Waals surface area (Å²) in [7, 11) is 0. The first-order valence-corrected chi connectivity index (χ1v) is 6.49. The predicted octanol–water partition coefficient (Wildman–Crippen LogP) is 4.05. The molecular weight excluding hydrogens is 296 g/mol. The third-order valence-corrected chi connectivity index (χ3v) is 3.35. The number of nitrogen functional groups attached to an aromatic ring is 1. The van der Waals surface area contributed by atoms with Crippen LogP contribution in [0.4, 0.5) is 14.5 Å². The van der Waals surface area contributed by atoms with Crippen molar-refractivity contribution >= 4 is 17.3 Å². The van der Waals surface area contributed by atoms with Crippen molar-refractivity contribution in [1.82, 2.24) is 9.78 Å². The number of para-hydroxylation sites is 1. The molecule has 1 aromatic heterocycles. The number of halogens is 3. The van der Waals surface area contributed by atoms with Gasteiger partial charge in [0.25, 0.3) is 0 Å². The molecular formula is C15H10ClF2N3. The average molecular weight is 306 g/mol. The first-order chi connectivity index (χ1) is 10.1. The minimum Gasteiger partial charge on any atom is -0.396 e. The molecule has 0 radical (unpaired) electrons. The SMILES string of the molecule is Nc1cn(-c2ccccc2Cl)nc1-c1ccc(F)c(F)c1. The standard InChI is InChI=1S/C15H10ClF2N3/c16-10-3-1-2-4-14(10)21-8-13(19)15(20-21)9-5-6-11(17)12(18)7-9/h1-8H,19H2. The zero-order valence-electron chi connectivity index (χ0n) is 10.7. The fourth-order valence-electron chi connectivity index (χ4n) is 2.02. The van der Waals surface area contributed by atoms with Crippen LogP contribution in [0, 0.1) is 11.6 Å². The van der Waals surface area contributed by atoms with Crippen molar-refractivity contribution in [3.63, 3.8) is 0 Å². The van der Waals surface area contributed by atoms with Gasteiger partial charge in [-0.2, -0.15) is 5.10 Å². The molecule has 2 N–H and O–H groups in total. The van der Waals surface area contributed by atoms with Gasteiger partial charge in [-0.1, -0.05) is 23.7 Å². The van der Waals surface area contributed by atoms with Crippen molar-refractivity contribution in [2.75, 3.05) is 5.73 Å². The molecule has 0 saturated heterocycles. The highest BCUT2D eigenvalue weighted by Gasteiger charge is 2.13. The van der Waals surface area contributed by atoms with Gasteiger partial charge in [0.2, 0.25) is 0 Å². The summed E-state index contributed by atoms with van der Waals surface area (Å²) in [5.74, 6) is -1.86. The normalized spacial score (nSPS) is 10.8. The van der Waals surface area contributed by atoms with Gasteiger partial charge in [0.1, 0.15) is 5.69 Å². The van der Waals surface area contributed by atoms with Gasteiger partial charge < -0.3 is 5.73 Å². The summed E-state index contributed by atoms with van der Waals surface area (Å²) >= 11 is 6.10. The molecule has 0 unspecified atom stereocenters. The summed E-state index contributed by atoms with van der Waals surface area (Å²) in [6.07, 6.45) is 1.58. The highest BCUT2D eigenvalue weighted by atomic mass is 35.5. The zero-order chi connectivity index (χ0) is 15.0.